The summed E-state index contributed by atoms with van der Waals surface area (Å²) in [4.78, 5) is 0. The summed E-state index contributed by atoms with van der Waals surface area (Å²) in [6.45, 7) is 2.78. The van der Waals surface area contributed by atoms with Crippen molar-refractivity contribution in [1.29, 1.82) is 0 Å². The molecule has 84 valence electrons. The lowest BCUT2D eigenvalue weighted by Gasteiger charge is -1.95. The molecule has 0 saturated heterocycles. The van der Waals surface area contributed by atoms with E-state index >= 15 is 0 Å². The lowest BCUT2D eigenvalue weighted by atomic mass is 10.3. The molecule has 3 rings (SSSR count). The van der Waals surface area contributed by atoms with Crippen LogP contribution in [0.4, 0.5) is 0 Å². The van der Waals surface area contributed by atoms with Crippen LogP contribution in [0.15, 0.2) is 16.7 Å². The van der Waals surface area contributed by atoms with Crippen molar-refractivity contribution in [1.82, 2.24) is 15.5 Å². The number of nitrogens with zero attached hydrogens (tertiary/aromatic N) is 2. The summed E-state index contributed by atoms with van der Waals surface area (Å²) in [6.07, 6.45) is 4.28. The van der Waals surface area contributed by atoms with Gasteiger partial charge in [0.2, 0.25) is 0 Å². The molecule has 0 atom stereocenters. The summed E-state index contributed by atoms with van der Waals surface area (Å²) < 4.78 is 5.26. The molecule has 4 nitrogen and oxygen atoms in total. The third-order valence-corrected chi connectivity index (χ3v) is 3.63. The molecule has 0 spiro atoms. The zero-order valence-electron chi connectivity index (χ0n) is 9.06. The molecule has 0 radical (unpaired) electrons. The van der Waals surface area contributed by atoms with Gasteiger partial charge in [-0.05, 0) is 25.8 Å². The van der Waals surface area contributed by atoms with Crippen LogP contribution in [0, 0.1) is 6.92 Å². The molecule has 1 saturated carbocycles. The highest BCUT2D eigenvalue weighted by Crippen LogP contribution is 2.27. The molecular weight excluding hydrogens is 222 g/mol. The molecule has 1 aliphatic rings. The fraction of sp³-hybridized carbons (Fsp3) is 0.455. The molecule has 0 aliphatic heterocycles. The molecule has 1 fully saturated rings. The van der Waals surface area contributed by atoms with Crippen LogP contribution in [0.5, 0.6) is 0 Å². The molecule has 0 bridgehead atoms. The van der Waals surface area contributed by atoms with Gasteiger partial charge in [-0.25, -0.2) is 0 Å². The topological polar surface area (TPSA) is 51.0 Å². The molecule has 2 aromatic heterocycles. The minimum atomic E-state index is 0.711. The molecule has 0 aromatic carbocycles. The van der Waals surface area contributed by atoms with Gasteiger partial charge in [0.25, 0.3) is 0 Å². The van der Waals surface area contributed by atoms with Crippen molar-refractivity contribution >= 4 is 11.3 Å². The van der Waals surface area contributed by atoms with Gasteiger partial charge >= 0.3 is 0 Å². The van der Waals surface area contributed by atoms with Gasteiger partial charge < -0.3 is 9.73 Å². The van der Waals surface area contributed by atoms with Crippen molar-refractivity contribution in [2.75, 3.05) is 0 Å². The van der Waals surface area contributed by atoms with E-state index in [2.05, 4.69) is 15.5 Å². The van der Waals surface area contributed by atoms with Crippen molar-refractivity contribution in [3.05, 3.63) is 23.1 Å². The quantitative estimate of drug-likeness (QED) is 0.883. The number of rotatable bonds is 4. The van der Waals surface area contributed by atoms with Crippen molar-refractivity contribution in [3.8, 4) is 10.6 Å². The second-order valence-electron chi connectivity index (χ2n) is 4.05. The molecule has 5 heteroatoms. The number of hydrogen-bond donors (Lipinski definition) is 1. The Morgan fingerprint density at radius 2 is 2.38 bits per heavy atom. The maximum atomic E-state index is 5.26. The van der Waals surface area contributed by atoms with E-state index in [4.69, 9.17) is 4.42 Å². The minimum Gasteiger partial charge on any atom is -0.469 e. The monoisotopic (exact) mass is 235 g/mol. The standard InChI is InChI=1S/C11H13N3OS/c1-7-9(4-5-15-7)11-14-13-10(16-11)6-12-8-2-3-8/h4-5,8,12H,2-3,6H2,1H3. The van der Waals surface area contributed by atoms with E-state index in [1.807, 2.05) is 13.0 Å². The summed E-state index contributed by atoms with van der Waals surface area (Å²) >= 11 is 1.63. The highest BCUT2D eigenvalue weighted by molar-refractivity contribution is 7.14. The average Bonchev–Trinajstić information content (AvgIpc) is 2.82. The van der Waals surface area contributed by atoms with Gasteiger partial charge in [0.1, 0.15) is 10.8 Å². The Hall–Kier alpha value is -1.20. The van der Waals surface area contributed by atoms with Gasteiger partial charge in [0.15, 0.2) is 5.01 Å². The van der Waals surface area contributed by atoms with Crippen molar-refractivity contribution in [2.45, 2.75) is 32.4 Å². The molecular formula is C11H13N3OS. The van der Waals surface area contributed by atoms with Crippen LogP contribution in [-0.2, 0) is 6.54 Å². The molecule has 0 amide bonds. The Morgan fingerprint density at radius 1 is 1.50 bits per heavy atom. The third-order valence-electron chi connectivity index (χ3n) is 2.68. The summed E-state index contributed by atoms with van der Waals surface area (Å²) in [5, 5.41) is 13.8. The van der Waals surface area contributed by atoms with E-state index in [9.17, 15) is 0 Å². The van der Waals surface area contributed by atoms with Gasteiger partial charge in [0, 0.05) is 12.6 Å². The lowest BCUT2D eigenvalue weighted by molar-refractivity contribution is 0.535. The molecule has 1 aliphatic carbocycles. The Bertz CT molecular complexity index is 487. The molecule has 2 heterocycles. The van der Waals surface area contributed by atoms with Crippen LogP contribution in [0.25, 0.3) is 10.6 Å². The van der Waals surface area contributed by atoms with Crippen LogP contribution in [0.2, 0.25) is 0 Å². The second kappa shape index (κ2) is 3.99. The predicted octanol–water partition coefficient (Wildman–Crippen LogP) is 2.36. The van der Waals surface area contributed by atoms with E-state index in [-0.39, 0.29) is 0 Å². The minimum absolute atomic E-state index is 0.711. The van der Waals surface area contributed by atoms with E-state index in [1.54, 1.807) is 17.6 Å². The van der Waals surface area contributed by atoms with Crippen LogP contribution < -0.4 is 5.32 Å². The largest absolute Gasteiger partial charge is 0.469 e. The van der Waals surface area contributed by atoms with Gasteiger partial charge in [-0.2, -0.15) is 0 Å². The zero-order chi connectivity index (χ0) is 11.0. The maximum Gasteiger partial charge on any atom is 0.151 e. The van der Waals surface area contributed by atoms with E-state index < -0.39 is 0 Å². The summed E-state index contributed by atoms with van der Waals surface area (Å²) in [6, 6.07) is 2.65. The van der Waals surface area contributed by atoms with Crippen LogP contribution in [0.3, 0.4) is 0 Å². The first kappa shape index (κ1) is 9.99. The fourth-order valence-electron chi connectivity index (χ4n) is 1.56. The number of aryl methyl sites for hydroxylation is 1. The number of aromatic nitrogens is 2. The summed E-state index contributed by atoms with van der Waals surface area (Å²) in [7, 11) is 0. The summed E-state index contributed by atoms with van der Waals surface area (Å²) in [5.74, 6) is 0.901. The first-order chi connectivity index (χ1) is 7.83. The average molecular weight is 235 g/mol. The van der Waals surface area contributed by atoms with Crippen molar-refractivity contribution in [2.24, 2.45) is 0 Å². The lowest BCUT2D eigenvalue weighted by Crippen LogP contribution is -2.14. The van der Waals surface area contributed by atoms with E-state index in [0.29, 0.717) is 6.04 Å². The van der Waals surface area contributed by atoms with E-state index in [1.165, 1.54) is 12.8 Å². The van der Waals surface area contributed by atoms with Gasteiger partial charge in [-0.3, -0.25) is 0 Å². The molecule has 1 N–H and O–H groups in total. The molecule has 0 unspecified atom stereocenters. The number of hydrogen-bond acceptors (Lipinski definition) is 5. The fourth-order valence-corrected chi connectivity index (χ4v) is 2.42. The predicted molar refractivity (Wildman–Crippen MR) is 62.2 cm³/mol. The Balaban J connectivity index is 1.74. The van der Waals surface area contributed by atoms with Crippen LogP contribution in [0.1, 0.15) is 23.6 Å². The molecule has 2 aromatic rings. The SMILES string of the molecule is Cc1occc1-c1nnc(CNC2CC2)s1. The third kappa shape index (κ3) is 2.01. The number of furan rings is 1. The van der Waals surface area contributed by atoms with Crippen molar-refractivity contribution < 1.29 is 4.42 Å². The number of nitrogens with one attached hydrogen (secondary N) is 1. The van der Waals surface area contributed by atoms with Gasteiger partial charge in [-0.15, -0.1) is 10.2 Å². The van der Waals surface area contributed by atoms with Gasteiger partial charge in [-0.1, -0.05) is 11.3 Å². The Labute approximate surface area is 97.7 Å². The Morgan fingerprint density at radius 3 is 3.06 bits per heavy atom. The highest BCUT2D eigenvalue weighted by atomic mass is 32.1. The first-order valence-corrected chi connectivity index (χ1v) is 6.25. The van der Waals surface area contributed by atoms with E-state index in [0.717, 1.165) is 27.9 Å². The Kier molecular flexibility index (Phi) is 2.49. The van der Waals surface area contributed by atoms with Crippen molar-refractivity contribution in [3.63, 3.8) is 0 Å². The van der Waals surface area contributed by atoms with Gasteiger partial charge in [0.05, 0.1) is 11.8 Å². The maximum absolute atomic E-state index is 5.26. The normalized spacial score (nSPS) is 15.6. The first-order valence-electron chi connectivity index (χ1n) is 5.43. The second-order valence-corrected chi connectivity index (χ2v) is 5.11. The highest BCUT2D eigenvalue weighted by Gasteiger charge is 2.21. The van der Waals surface area contributed by atoms with Crippen LogP contribution >= 0.6 is 11.3 Å². The van der Waals surface area contributed by atoms with Crippen LogP contribution in [-0.4, -0.2) is 16.2 Å². The molecule has 16 heavy (non-hydrogen) atoms. The smallest absolute Gasteiger partial charge is 0.151 e. The summed E-state index contributed by atoms with van der Waals surface area (Å²) in [5.41, 5.74) is 1.05. The zero-order valence-corrected chi connectivity index (χ0v) is 9.88.